The predicted octanol–water partition coefficient (Wildman–Crippen LogP) is 1.68. The minimum absolute atomic E-state index is 0.0696. The molecule has 1 saturated heterocycles. The lowest BCUT2D eigenvalue weighted by Gasteiger charge is -2.41. The van der Waals surface area contributed by atoms with Crippen molar-refractivity contribution in [2.75, 3.05) is 0 Å². The number of hydrogen-bond donors (Lipinski definition) is 3. The molecule has 11 heteroatoms. The molecule has 0 aromatic heterocycles. The van der Waals surface area contributed by atoms with Gasteiger partial charge in [0.15, 0.2) is 0 Å². The van der Waals surface area contributed by atoms with Crippen molar-refractivity contribution in [3.05, 3.63) is 35.9 Å². The highest BCUT2D eigenvalue weighted by molar-refractivity contribution is 5.93. The van der Waals surface area contributed by atoms with Gasteiger partial charge in [0.1, 0.15) is 36.0 Å². The van der Waals surface area contributed by atoms with Crippen LogP contribution in [0.15, 0.2) is 30.3 Å². The summed E-state index contributed by atoms with van der Waals surface area (Å²) in [6.07, 6.45) is -3.85. The minimum Gasteiger partial charge on any atom is -0.460 e. The highest BCUT2D eigenvalue weighted by Crippen LogP contribution is 2.44. The van der Waals surface area contributed by atoms with Gasteiger partial charge >= 0.3 is 18.0 Å². The van der Waals surface area contributed by atoms with Crippen molar-refractivity contribution in [3.63, 3.8) is 0 Å². The molecule has 1 heterocycles. The zero-order valence-corrected chi connectivity index (χ0v) is 22.7. The van der Waals surface area contributed by atoms with Crippen molar-refractivity contribution >= 4 is 23.9 Å². The number of nitrogens with zero attached hydrogens (tertiary/aromatic N) is 1. The number of carbonyl (C=O) groups excluding carboxylic acids is 4. The van der Waals surface area contributed by atoms with E-state index in [1.807, 2.05) is 6.07 Å². The largest absolute Gasteiger partial charge is 0.460 e. The summed E-state index contributed by atoms with van der Waals surface area (Å²) in [6.45, 7) is 9.94. The Labute approximate surface area is 222 Å². The Morgan fingerprint density at radius 3 is 2.16 bits per heavy atom. The first-order valence-electron chi connectivity index (χ1n) is 12.7. The number of likely N-dealkylation sites (tertiary alicyclic amines) is 1. The number of esters is 2. The molecule has 2 fully saturated rings. The molecular weight excluding hydrogens is 496 g/mol. The molecule has 210 valence electrons. The number of piperidine rings is 1. The van der Waals surface area contributed by atoms with Crippen LogP contribution < -0.4 is 5.32 Å². The van der Waals surface area contributed by atoms with Crippen LogP contribution in [-0.4, -0.2) is 80.6 Å². The topological polar surface area (TPSA) is 152 Å². The number of nitrogens with one attached hydrogen (secondary N) is 1. The van der Waals surface area contributed by atoms with Gasteiger partial charge in [-0.15, -0.1) is 0 Å². The SMILES string of the molecule is CC(C)(C)OC(=O)C[C@H](NC(=O)OCc1ccccc1)C(=O)N1[C@H](C(=O)OC(C)(C)C)[C@@H]2C[C@H]1[C@@H](O)[C@H]2O. The van der Waals surface area contributed by atoms with Crippen molar-refractivity contribution in [2.24, 2.45) is 5.92 Å². The Morgan fingerprint density at radius 1 is 0.974 bits per heavy atom. The van der Waals surface area contributed by atoms with E-state index in [4.69, 9.17) is 14.2 Å². The first-order chi connectivity index (χ1) is 17.6. The molecule has 0 radical (unpaired) electrons. The maximum absolute atomic E-state index is 13.8. The second-order valence-electron chi connectivity index (χ2n) is 11.7. The fourth-order valence-electron chi connectivity index (χ4n) is 4.83. The Balaban J connectivity index is 1.84. The summed E-state index contributed by atoms with van der Waals surface area (Å²) in [5.74, 6) is -3.05. The number of ether oxygens (including phenoxy) is 3. The van der Waals surface area contributed by atoms with Gasteiger partial charge in [-0.1, -0.05) is 30.3 Å². The number of rotatable bonds is 7. The third-order valence-corrected chi connectivity index (χ3v) is 6.26. The maximum atomic E-state index is 13.8. The van der Waals surface area contributed by atoms with Crippen LogP contribution in [0, 0.1) is 5.92 Å². The number of amides is 2. The normalized spacial score (nSPS) is 25.5. The van der Waals surface area contributed by atoms with Gasteiger partial charge in [-0.05, 0) is 53.5 Å². The van der Waals surface area contributed by atoms with E-state index in [9.17, 15) is 29.4 Å². The van der Waals surface area contributed by atoms with Crippen LogP contribution in [0.2, 0.25) is 0 Å². The zero-order valence-electron chi connectivity index (χ0n) is 22.7. The molecule has 3 rings (SSSR count). The lowest BCUT2D eigenvalue weighted by Crippen LogP contribution is -2.63. The molecule has 1 aliphatic heterocycles. The molecule has 2 bridgehead atoms. The van der Waals surface area contributed by atoms with Crippen LogP contribution in [0.3, 0.4) is 0 Å². The molecule has 0 unspecified atom stereocenters. The quantitative estimate of drug-likeness (QED) is 0.350. The lowest BCUT2D eigenvalue weighted by atomic mass is 9.93. The van der Waals surface area contributed by atoms with E-state index in [1.54, 1.807) is 65.8 Å². The van der Waals surface area contributed by atoms with E-state index in [2.05, 4.69) is 5.32 Å². The number of fused-ring (bicyclic) bond motifs is 2. The molecule has 2 aliphatic rings. The molecule has 1 aromatic rings. The van der Waals surface area contributed by atoms with Crippen LogP contribution in [0.5, 0.6) is 0 Å². The maximum Gasteiger partial charge on any atom is 0.408 e. The van der Waals surface area contributed by atoms with Crippen molar-refractivity contribution in [2.45, 2.75) is 103 Å². The van der Waals surface area contributed by atoms with Crippen LogP contribution in [0.25, 0.3) is 0 Å². The van der Waals surface area contributed by atoms with E-state index in [-0.39, 0.29) is 13.0 Å². The molecule has 3 N–H and O–H groups in total. The average Bonchev–Trinajstić information content (AvgIpc) is 3.31. The van der Waals surface area contributed by atoms with Gasteiger partial charge in [0.2, 0.25) is 5.91 Å². The van der Waals surface area contributed by atoms with Crippen LogP contribution in [0.4, 0.5) is 4.79 Å². The first kappa shape index (κ1) is 29.4. The van der Waals surface area contributed by atoms with E-state index < -0.39 is 77.8 Å². The molecule has 1 aromatic carbocycles. The summed E-state index contributed by atoms with van der Waals surface area (Å²) < 4.78 is 16.1. The van der Waals surface area contributed by atoms with E-state index in [0.717, 1.165) is 10.5 Å². The molecule has 38 heavy (non-hydrogen) atoms. The van der Waals surface area contributed by atoms with E-state index >= 15 is 0 Å². The van der Waals surface area contributed by atoms with Crippen LogP contribution in [-0.2, 0) is 35.2 Å². The van der Waals surface area contributed by atoms with Crippen molar-refractivity contribution < 1.29 is 43.6 Å². The fraction of sp³-hybridized carbons (Fsp3) is 0.630. The molecule has 11 nitrogen and oxygen atoms in total. The monoisotopic (exact) mass is 534 g/mol. The number of aliphatic hydroxyl groups is 2. The van der Waals surface area contributed by atoms with Gasteiger partial charge in [-0.2, -0.15) is 0 Å². The highest BCUT2D eigenvalue weighted by Gasteiger charge is 2.61. The third-order valence-electron chi connectivity index (χ3n) is 6.26. The molecular formula is C27H38N2O9. The van der Waals surface area contributed by atoms with Crippen molar-refractivity contribution in [3.8, 4) is 0 Å². The van der Waals surface area contributed by atoms with Gasteiger partial charge in [0.25, 0.3) is 0 Å². The van der Waals surface area contributed by atoms with Gasteiger partial charge in [-0.3, -0.25) is 9.59 Å². The highest BCUT2D eigenvalue weighted by atomic mass is 16.6. The summed E-state index contributed by atoms with van der Waals surface area (Å²) >= 11 is 0. The van der Waals surface area contributed by atoms with Gasteiger partial charge in [-0.25, -0.2) is 9.59 Å². The molecule has 1 saturated carbocycles. The summed E-state index contributed by atoms with van der Waals surface area (Å²) in [5, 5.41) is 23.5. The van der Waals surface area contributed by atoms with Crippen LogP contribution in [0.1, 0.15) is 59.9 Å². The molecule has 0 spiro atoms. The predicted molar refractivity (Wildman–Crippen MR) is 134 cm³/mol. The Morgan fingerprint density at radius 2 is 1.58 bits per heavy atom. The standard InChI is InChI=1S/C27H38N2O9/c1-26(2,3)37-19(30)13-17(28-25(35)36-14-15-10-8-7-9-11-15)23(33)29-18-12-16(21(31)22(18)32)20(29)24(34)38-27(4,5)6/h7-11,16-18,20-22,31-32H,12-14H2,1-6H3,(H,28,35)/t16-,17-,18-,20-,21-,22+/m0/s1. The van der Waals surface area contributed by atoms with E-state index in [1.165, 1.54) is 0 Å². The third kappa shape index (κ3) is 7.22. The number of carbonyl (C=O) groups is 4. The average molecular weight is 535 g/mol. The van der Waals surface area contributed by atoms with E-state index in [0.29, 0.717) is 0 Å². The van der Waals surface area contributed by atoms with Crippen LogP contribution >= 0.6 is 0 Å². The summed E-state index contributed by atoms with van der Waals surface area (Å²) in [6, 6.07) is 5.34. The number of aliphatic hydroxyl groups excluding tert-OH is 2. The van der Waals surface area contributed by atoms with Gasteiger partial charge in [0.05, 0.1) is 18.6 Å². The summed E-state index contributed by atoms with van der Waals surface area (Å²) in [5.41, 5.74) is -0.992. The molecule has 1 aliphatic carbocycles. The van der Waals surface area contributed by atoms with Crippen molar-refractivity contribution in [1.29, 1.82) is 0 Å². The first-order valence-corrected chi connectivity index (χ1v) is 12.7. The second-order valence-corrected chi connectivity index (χ2v) is 11.7. The number of benzene rings is 1. The van der Waals surface area contributed by atoms with Gasteiger partial charge < -0.3 is 34.6 Å². The molecule has 6 atom stereocenters. The van der Waals surface area contributed by atoms with Crippen molar-refractivity contribution in [1.82, 2.24) is 10.2 Å². The van der Waals surface area contributed by atoms with Gasteiger partial charge in [0, 0.05) is 5.92 Å². The number of hydrogen-bond acceptors (Lipinski definition) is 9. The Kier molecular flexibility index (Phi) is 8.72. The Hall–Kier alpha value is -3.18. The zero-order chi connectivity index (χ0) is 28.4. The Bertz CT molecular complexity index is 1030. The smallest absolute Gasteiger partial charge is 0.408 e. The minimum atomic E-state index is -1.46. The lowest BCUT2D eigenvalue weighted by molar-refractivity contribution is -0.175. The summed E-state index contributed by atoms with van der Waals surface area (Å²) in [4.78, 5) is 53.4. The fourth-order valence-corrected chi connectivity index (χ4v) is 4.83. The summed E-state index contributed by atoms with van der Waals surface area (Å²) in [7, 11) is 0. The molecule has 2 amide bonds. The second kappa shape index (κ2) is 11.3. The number of alkyl carbamates (subject to hydrolysis) is 1.